The minimum Gasteiger partial charge on any atom is -0.510 e. The number of aliphatic hydroxyl groups excluding tert-OH is 1. The Morgan fingerprint density at radius 1 is 1.43 bits per heavy atom. The van der Waals surface area contributed by atoms with E-state index in [2.05, 4.69) is 10.1 Å². The van der Waals surface area contributed by atoms with Gasteiger partial charge in [-0.3, -0.25) is 0 Å². The largest absolute Gasteiger partial charge is 0.510 e. The van der Waals surface area contributed by atoms with Crippen molar-refractivity contribution >= 4 is 5.70 Å². The first-order valence-electron chi connectivity index (χ1n) is 6.64. The molecule has 0 unspecified atom stereocenters. The van der Waals surface area contributed by atoms with Gasteiger partial charge in [0.05, 0.1) is 37.0 Å². The van der Waals surface area contributed by atoms with Gasteiger partial charge in [-0.1, -0.05) is 0 Å². The van der Waals surface area contributed by atoms with Gasteiger partial charge in [-0.05, 0) is 19.1 Å². The van der Waals surface area contributed by atoms with Gasteiger partial charge in [-0.2, -0.15) is 5.10 Å². The van der Waals surface area contributed by atoms with Crippen molar-refractivity contribution in [1.29, 1.82) is 0 Å². The van der Waals surface area contributed by atoms with Gasteiger partial charge in [0.15, 0.2) is 0 Å². The summed E-state index contributed by atoms with van der Waals surface area (Å²) in [4.78, 5) is 3.94. The highest BCUT2D eigenvalue weighted by atomic mass is 16.7. The summed E-state index contributed by atoms with van der Waals surface area (Å²) < 4.78 is 17.6. The molecule has 0 aliphatic carbocycles. The Morgan fingerprint density at radius 2 is 2.24 bits per heavy atom. The first-order valence-corrected chi connectivity index (χ1v) is 6.64. The molecule has 0 bridgehead atoms. The Hall–Kier alpha value is -2.12. The molecule has 7 heteroatoms. The third-order valence-electron chi connectivity index (χ3n) is 3.47. The van der Waals surface area contributed by atoms with E-state index in [-0.39, 0.29) is 12.6 Å². The fourth-order valence-electron chi connectivity index (χ4n) is 2.32. The lowest BCUT2D eigenvalue weighted by molar-refractivity contribution is -0.155. The normalized spacial score (nSPS) is 19.3. The third-order valence-corrected chi connectivity index (χ3v) is 3.47. The second kappa shape index (κ2) is 5.71. The van der Waals surface area contributed by atoms with E-state index in [9.17, 15) is 5.11 Å². The number of aliphatic hydroxyl groups is 1. The van der Waals surface area contributed by atoms with Gasteiger partial charge in [0.2, 0.25) is 0 Å². The highest BCUT2D eigenvalue weighted by molar-refractivity contribution is 5.51. The lowest BCUT2D eigenvalue weighted by Crippen LogP contribution is -2.37. The van der Waals surface area contributed by atoms with Crippen molar-refractivity contribution < 1.29 is 19.0 Å². The maximum absolute atomic E-state index is 10.8. The highest BCUT2D eigenvalue weighted by Crippen LogP contribution is 2.33. The average molecular weight is 291 g/mol. The van der Waals surface area contributed by atoms with E-state index < -0.39 is 5.41 Å². The number of allylic oxidation sites excluding steroid dienone is 1. The van der Waals surface area contributed by atoms with E-state index >= 15 is 0 Å². The Morgan fingerprint density at radius 3 is 2.86 bits per heavy atom. The molecule has 1 aliphatic rings. The van der Waals surface area contributed by atoms with Crippen LogP contribution in [-0.4, -0.2) is 39.9 Å². The quantitative estimate of drug-likeness (QED) is 0.866. The molecule has 1 saturated heterocycles. The zero-order valence-electron chi connectivity index (χ0n) is 11.7. The minimum absolute atomic E-state index is 0.170. The third kappa shape index (κ3) is 2.84. The van der Waals surface area contributed by atoms with Crippen molar-refractivity contribution in [2.45, 2.75) is 13.3 Å². The van der Waals surface area contributed by atoms with Gasteiger partial charge in [-0.15, -0.1) is 0 Å². The van der Waals surface area contributed by atoms with Crippen molar-refractivity contribution in [2.24, 2.45) is 5.41 Å². The summed E-state index contributed by atoms with van der Waals surface area (Å²) in [6, 6.07) is 3.65. The first kappa shape index (κ1) is 13.8. The van der Waals surface area contributed by atoms with Crippen molar-refractivity contribution in [3.63, 3.8) is 0 Å². The number of nitrogens with zero attached hydrogens (tertiary/aromatic N) is 3. The van der Waals surface area contributed by atoms with Crippen LogP contribution in [0.5, 0.6) is 0 Å². The van der Waals surface area contributed by atoms with Crippen LogP contribution in [0.3, 0.4) is 0 Å². The van der Waals surface area contributed by atoms with Crippen LogP contribution in [0.15, 0.2) is 41.2 Å². The molecule has 3 heterocycles. The summed E-state index contributed by atoms with van der Waals surface area (Å²) in [5.74, 6) is 0.900. The molecule has 21 heavy (non-hydrogen) atoms. The number of aromatic nitrogens is 3. The average Bonchev–Trinajstić information content (AvgIpc) is 3.18. The Labute approximate surface area is 121 Å². The van der Waals surface area contributed by atoms with Gasteiger partial charge in [0, 0.05) is 0 Å². The van der Waals surface area contributed by atoms with Crippen LogP contribution in [-0.2, 0) is 15.9 Å². The smallest absolute Gasteiger partial charge is 0.146 e. The molecule has 1 fully saturated rings. The van der Waals surface area contributed by atoms with E-state index in [4.69, 9.17) is 13.9 Å². The van der Waals surface area contributed by atoms with E-state index in [1.165, 1.54) is 11.0 Å². The van der Waals surface area contributed by atoms with Gasteiger partial charge < -0.3 is 19.0 Å². The molecule has 0 radical (unpaired) electrons. The monoisotopic (exact) mass is 291 g/mol. The Bertz CT molecular complexity index is 598. The molecule has 1 aliphatic heterocycles. The summed E-state index contributed by atoms with van der Waals surface area (Å²) in [5.41, 5.74) is -0.0226. The predicted octanol–water partition coefficient (Wildman–Crippen LogP) is 1.85. The molecule has 0 saturated carbocycles. The molecular weight excluding hydrogens is 274 g/mol. The first-order chi connectivity index (χ1) is 10.2. The van der Waals surface area contributed by atoms with Gasteiger partial charge in [0.1, 0.15) is 31.0 Å². The summed E-state index contributed by atoms with van der Waals surface area (Å²) in [5, 5.41) is 14.9. The number of ether oxygens (including phenoxy) is 2. The van der Waals surface area contributed by atoms with E-state index in [0.29, 0.717) is 25.3 Å². The number of hydrogen-bond donors (Lipinski definition) is 1. The molecule has 2 aromatic heterocycles. The molecule has 0 atom stereocenters. The highest BCUT2D eigenvalue weighted by Gasteiger charge is 2.36. The zero-order chi connectivity index (χ0) is 14.7. The van der Waals surface area contributed by atoms with Gasteiger partial charge >= 0.3 is 0 Å². The Kier molecular flexibility index (Phi) is 3.76. The van der Waals surface area contributed by atoms with Crippen molar-refractivity contribution in [2.75, 3.05) is 20.0 Å². The van der Waals surface area contributed by atoms with Crippen LogP contribution in [0.2, 0.25) is 0 Å². The number of hydrogen-bond acceptors (Lipinski definition) is 6. The van der Waals surface area contributed by atoms with Crippen LogP contribution in [0, 0.1) is 5.41 Å². The molecule has 7 nitrogen and oxygen atoms in total. The summed E-state index contributed by atoms with van der Waals surface area (Å²) in [7, 11) is 0. The minimum atomic E-state index is -0.619. The van der Waals surface area contributed by atoms with Crippen molar-refractivity contribution in [3.05, 3.63) is 42.6 Å². The maximum atomic E-state index is 10.8. The summed E-state index contributed by atoms with van der Waals surface area (Å²) in [6.45, 7) is 2.91. The lowest BCUT2D eigenvalue weighted by Gasteiger charge is -2.33. The maximum Gasteiger partial charge on any atom is 0.146 e. The van der Waals surface area contributed by atoms with Crippen LogP contribution >= 0.6 is 0 Å². The summed E-state index contributed by atoms with van der Waals surface area (Å²) in [6.07, 6.45) is 4.96. The summed E-state index contributed by atoms with van der Waals surface area (Å²) >= 11 is 0. The van der Waals surface area contributed by atoms with Crippen LogP contribution in [0.25, 0.3) is 5.70 Å². The molecular formula is C14H17N3O4. The lowest BCUT2D eigenvalue weighted by atomic mass is 9.88. The second-order valence-electron chi connectivity index (χ2n) is 5.27. The van der Waals surface area contributed by atoms with Crippen LogP contribution in [0.4, 0.5) is 0 Å². The second-order valence-corrected chi connectivity index (χ2v) is 5.27. The fraction of sp³-hybridized carbons (Fsp3) is 0.429. The van der Waals surface area contributed by atoms with Crippen LogP contribution < -0.4 is 0 Å². The predicted molar refractivity (Wildman–Crippen MR) is 73.2 cm³/mol. The van der Waals surface area contributed by atoms with Crippen molar-refractivity contribution in [3.8, 4) is 0 Å². The fourth-order valence-corrected chi connectivity index (χ4v) is 2.32. The van der Waals surface area contributed by atoms with E-state index in [1.54, 1.807) is 18.7 Å². The molecule has 112 valence electrons. The van der Waals surface area contributed by atoms with E-state index in [1.807, 2.05) is 13.0 Å². The van der Waals surface area contributed by atoms with Crippen molar-refractivity contribution in [1.82, 2.24) is 14.8 Å². The molecule has 3 rings (SSSR count). The number of rotatable bonds is 4. The number of furan rings is 1. The molecule has 1 N–H and O–H groups in total. The molecule has 0 amide bonds. The molecule has 0 aromatic carbocycles. The topological polar surface area (TPSA) is 82.5 Å². The molecule has 2 aromatic rings. The zero-order valence-corrected chi connectivity index (χ0v) is 11.7. The standard InChI is InChI=1S/C14H17N3O4/c1-14(6-19-10-20-7-14)13(18)12(17-9-15-8-16-17)5-11-3-2-4-21-11/h2-4,8-9,18H,5-7,10H2,1H3. The Balaban J connectivity index is 1.98. The van der Waals surface area contributed by atoms with Gasteiger partial charge in [-0.25, -0.2) is 9.67 Å². The SMILES string of the molecule is CC1(C(O)=C(Cc2ccco2)n2cncn2)COCOC1. The van der Waals surface area contributed by atoms with E-state index in [0.717, 1.165) is 5.76 Å². The van der Waals surface area contributed by atoms with Crippen LogP contribution in [0.1, 0.15) is 12.7 Å². The van der Waals surface area contributed by atoms with Gasteiger partial charge in [0.25, 0.3) is 0 Å². The molecule has 0 spiro atoms.